The number of aryl methyl sites for hydroxylation is 1. The van der Waals surface area contributed by atoms with Gasteiger partial charge in [-0.1, -0.05) is 23.8 Å². The Bertz CT molecular complexity index is 984. The van der Waals surface area contributed by atoms with E-state index in [1.165, 1.54) is 13.0 Å². The summed E-state index contributed by atoms with van der Waals surface area (Å²) in [6.45, 7) is 3.29. The quantitative estimate of drug-likeness (QED) is 0.400. The fourth-order valence-electron chi connectivity index (χ4n) is 3.04. The van der Waals surface area contributed by atoms with E-state index in [1.807, 2.05) is 31.2 Å². The van der Waals surface area contributed by atoms with Gasteiger partial charge in [0.2, 0.25) is 5.91 Å². The molecule has 2 aromatic rings. The lowest BCUT2D eigenvalue weighted by Gasteiger charge is -2.22. The lowest BCUT2D eigenvalue weighted by molar-refractivity contribution is -0.134. The van der Waals surface area contributed by atoms with Crippen LogP contribution in [0.15, 0.2) is 47.4 Å². The van der Waals surface area contributed by atoms with Crippen LogP contribution >= 0.6 is 11.8 Å². The van der Waals surface area contributed by atoms with E-state index in [-0.39, 0.29) is 5.56 Å². The number of hydrogen-bond acceptors (Lipinski definition) is 4. The van der Waals surface area contributed by atoms with Crippen LogP contribution in [0.1, 0.15) is 18.1 Å². The topological polar surface area (TPSA) is 78.5 Å². The third-order valence-electron chi connectivity index (χ3n) is 4.79. The van der Waals surface area contributed by atoms with E-state index in [1.54, 1.807) is 11.8 Å². The molecule has 0 unspecified atom stereocenters. The number of halogens is 2. The Morgan fingerprint density at radius 1 is 1.13 bits per heavy atom. The van der Waals surface area contributed by atoms with Gasteiger partial charge in [0.1, 0.15) is 12.1 Å². The molecule has 0 aromatic heterocycles. The number of carbonyl (C=O) groups is 3. The number of amides is 4. The zero-order valence-electron chi connectivity index (χ0n) is 16.5. The average molecular weight is 433 g/mol. The summed E-state index contributed by atoms with van der Waals surface area (Å²) in [6, 6.07) is 10.2. The fourth-order valence-corrected chi connectivity index (χ4v) is 3.81. The molecule has 1 atom stereocenters. The van der Waals surface area contributed by atoms with Gasteiger partial charge in [-0.3, -0.25) is 14.5 Å². The van der Waals surface area contributed by atoms with E-state index in [0.717, 1.165) is 27.5 Å². The predicted molar refractivity (Wildman–Crippen MR) is 109 cm³/mol. The van der Waals surface area contributed by atoms with Crippen LogP contribution < -0.4 is 10.6 Å². The van der Waals surface area contributed by atoms with E-state index < -0.39 is 41.6 Å². The maximum absolute atomic E-state index is 13.6. The van der Waals surface area contributed by atoms with Crippen LogP contribution in [0.3, 0.4) is 0 Å². The van der Waals surface area contributed by atoms with Gasteiger partial charge in [-0.05, 0) is 43.7 Å². The van der Waals surface area contributed by atoms with Crippen LogP contribution in [-0.2, 0) is 15.1 Å². The van der Waals surface area contributed by atoms with Crippen molar-refractivity contribution >= 4 is 29.6 Å². The fraction of sp³-hybridized carbons (Fsp3) is 0.286. The molecule has 0 spiro atoms. The Balaban J connectivity index is 1.55. The minimum absolute atomic E-state index is 0.0946. The van der Waals surface area contributed by atoms with Gasteiger partial charge in [0, 0.05) is 17.2 Å². The van der Waals surface area contributed by atoms with E-state index in [9.17, 15) is 23.2 Å². The largest absolute Gasteiger partial charge is 0.354 e. The summed E-state index contributed by atoms with van der Waals surface area (Å²) < 4.78 is 26.8. The van der Waals surface area contributed by atoms with Gasteiger partial charge in [-0.15, -0.1) is 11.8 Å². The standard InChI is InChI=1S/C21H21F2N3O3S/c1-13-3-6-15(7-4-13)30-10-9-24-18(27)12-26-19(28)21(2,25-20(26)29)14-5-8-16(22)17(23)11-14/h3-8,11H,9-10,12H2,1-2H3,(H,24,27)(H,25,29)/t21-/m1/s1. The maximum Gasteiger partial charge on any atom is 0.325 e. The molecule has 2 N–H and O–H groups in total. The number of hydrogen-bond donors (Lipinski definition) is 2. The minimum Gasteiger partial charge on any atom is -0.354 e. The number of urea groups is 1. The van der Waals surface area contributed by atoms with Crippen LogP contribution in [0.5, 0.6) is 0 Å². The first-order valence-electron chi connectivity index (χ1n) is 9.26. The lowest BCUT2D eigenvalue weighted by atomic mass is 9.92. The highest BCUT2D eigenvalue weighted by molar-refractivity contribution is 7.99. The van der Waals surface area contributed by atoms with Gasteiger partial charge in [-0.25, -0.2) is 13.6 Å². The lowest BCUT2D eigenvalue weighted by Crippen LogP contribution is -2.43. The van der Waals surface area contributed by atoms with Gasteiger partial charge in [0.05, 0.1) is 0 Å². The molecule has 1 aliphatic rings. The van der Waals surface area contributed by atoms with Crippen molar-refractivity contribution in [3.8, 4) is 0 Å². The summed E-state index contributed by atoms with van der Waals surface area (Å²) in [6.07, 6.45) is 0. The number of benzene rings is 2. The van der Waals surface area contributed by atoms with Crippen molar-refractivity contribution in [2.75, 3.05) is 18.8 Å². The smallest absolute Gasteiger partial charge is 0.325 e. The molecule has 1 saturated heterocycles. The summed E-state index contributed by atoms with van der Waals surface area (Å²) in [5.41, 5.74) is -0.318. The molecule has 4 amide bonds. The summed E-state index contributed by atoms with van der Waals surface area (Å²) >= 11 is 1.57. The Morgan fingerprint density at radius 2 is 1.83 bits per heavy atom. The second kappa shape index (κ2) is 8.83. The van der Waals surface area contributed by atoms with Crippen molar-refractivity contribution in [3.05, 3.63) is 65.2 Å². The normalized spacial score (nSPS) is 18.5. The number of imide groups is 1. The van der Waals surface area contributed by atoms with Crippen molar-refractivity contribution < 1.29 is 23.2 Å². The molecular formula is C21H21F2N3O3S. The second-order valence-electron chi connectivity index (χ2n) is 7.09. The Kier molecular flexibility index (Phi) is 6.40. The molecule has 0 radical (unpaired) electrons. The van der Waals surface area contributed by atoms with Gasteiger partial charge in [0.25, 0.3) is 5.91 Å². The van der Waals surface area contributed by atoms with E-state index >= 15 is 0 Å². The number of carbonyl (C=O) groups excluding carboxylic acids is 3. The van der Waals surface area contributed by atoms with Gasteiger partial charge in [0.15, 0.2) is 11.6 Å². The Labute approximate surface area is 177 Å². The number of rotatable bonds is 7. The zero-order valence-corrected chi connectivity index (χ0v) is 17.3. The molecule has 0 saturated carbocycles. The van der Waals surface area contributed by atoms with Gasteiger partial charge < -0.3 is 10.6 Å². The monoisotopic (exact) mass is 433 g/mol. The SMILES string of the molecule is Cc1ccc(SCCNC(=O)CN2C(=O)N[C@](C)(c3ccc(F)c(F)c3)C2=O)cc1. The summed E-state index contributed by atoms with van der Waals surface area (Å²) in [5.74, 6) is -2.75. The van der Waals surface area contributed by atoms with Crippen molar-refractivity contribution in [3.63, 3.8) is 0 Å². The van der Waals surface area contributed by atoms with E-state index in [4.69, 9.17) is 0 Å². The molecule has 30 heavy (non-hydrogen) atoms. The van der Waals surface area contributed by atoms with Gasteiger partial charge >= 0.3 is 6.03 Å². The van der Waals surface area contributed by atoms with Crippen LogP contribution in [0, 0.1) is 18.6 Å². The highest BCUT2D eigenvalue weighted by atomic mass is 32.2. The highest BCUT2D eigenvalue weighted by Crippen LogP contribution is 2.29. The van der Waals surface area contributed by atoms with Crippen molar-refractivity contribution in [2.24, 2.45) is 0 Å². The summed E-state index contributed by atoms with van der Waals surface area (Å²) in [4.78, 5) is 39.0. The van der Waals surface area contributed by atoms with Crippen molar-refractivity contribution in [1.29, 1.82) is 0 Å². The molecule has 2 aromatic carbocycles. The van der Waals surface area contributed by atoms with Crippen molar-refractivity contribution in [1.82, 2.24) is 15.5 Å². The van der Waals surface area contributed by atoms with E-state index in [0.29, 0.717) is 12.3 Å². The molecule has 1 aliphatic heterocycles. The molecular weight excluding hydrogens is 412 g/mol. The number of nitrogens with zero attached hydrogens (tertiary/aromatic N) is 1. The molecule has 9 heteroatoms. The Hall–Kier alpha value is -2.94. The van der Waals surface area contributed by atoms with Crippen molar-refractivity contribution in [2.45, 2.75) is 24.3 Å². The van der Waals surface area contributed by atoms with Crippen LogP contribution in [-0.4, -0.2) is 41.6 Å². The molecule has 1 heterocycles. The third-order valence-corrected chi connectivity index (χ3v) is 5.80. The molecule has 0 aliphatic carbocycles. The second-order valence-corrected chi connectivity index (χ2v) is 8.26. The van der Waals surface area contributed by atoms with Crippen LogP contribution in [0.25, 0.3) is 0 Å². The zero-order chi connectivity index (χ0) is 21.9. The minimum atomic E-state index is -1.58. The molecule has 6 nitrogen and oxygen atoms in total. The first-order valence-corrected chi connectivity index (χ1v) is 10.2. The van der Waals surface area contributed by atoms with Gasteiger partial charge in [-0.2, -0.15) is 0 Å². The third kappa shape index (κ3) is 4.62. The van der Waals surface area contributed by atoms with E-state index in [2.05, 4.69) is 10.6 Å². The Morgan fingerprint density at radius 3 is 2.50 bits per heavy atom. The molecule has 3 rings (SSSR count). The highest BCUT2D eigenvalue weighted by Gasteiger charge is 2.49. The first kappa shape index (κ1) is 21.8. The van der Waals surface area contributed by atoms with Crippen LogP contribution in [0.4, 0.5) is 13.6 Å². The number of thioether (sulfide) groups is 1. The summed E-state index contributed by atoms with van der Waals surface area (Å²) in [5, 5.41) is 5.13. The average Bonchev–Trinajstić information content (AvgIpc) is 2.92. The molecule has 158 valence electrons. The maximum atomic E-state index is 13.6. The predicted octanol–water partition coefficient (Wildman–Crippen LogP) is 2.95. The molecule has 1 fully saturated rings. The van der Waals surface area contributed by atoms with Crippen LogP contribution in [0.2, 0.25) is 0 Å². The molecule has 0 bridgehead atoms. The summed E-state index contributed by atoms with van der Waals surface area (Å²) in [7, 11) is 0. The number of nitrogens with one attached hydrogen (secondary N) is 2. The first-order chi connectivity index (χ1) is 14.2.